The Bertz CT molecular complexity index is 1730. The van der Waals surface area contributed by atoms with Crippen molar-refractivity contribution in [3.05, 3.63) is 70.0 Å². The molecule has 2 unspecified atom stereocenters. The SMILES string of the molecule is CC1CN(c2nc(NCc3ccc4c(c3)OCO4)c3ncn(Cc4ccc([N+](=O)[O-])cc4)c3n2)C(C)CN1C(=O)CC(C)(C)C. The van der Waals surface area contributed by atoms with E-state index in [1.807, 2.05) is 27.7 Å². The minimum absolute atomic E-state index is 0.0182. The molecule has 236 valence electrons. The first-order valence-electron chi connectivity index (χ1n) is 15.1. The first-order chi connectivity index (χ1) is 21.4. The number of imidazole rings is 1. The summed E-state index contributed by atoms with van der Waals surface area (Å²) >= 11 is 0. The lowest BCUT2D eigenvalue weighted by molar-refractivity contribution is -0.384. The molecule has 1 amide bonds. The van der Waals surface area contributed by atoms with Crippen LogP contribution in [0.5, 0.6) is 11.5 Å². The smallest absolute Gasteiger partial charge is 0.269 e. The number of hydrogen-bond acceptors (Lipinski definition) is 10. The first-order valence-corrected chi connectivity index (χ1v) is 15.1. The first kappa shape index (κ1) is 30.1. The molecule has 6 rings (SSSR count). The number of amides is 1. The van der Waals surface area contributed by atoms with Gasteiger partial charge in [-0.05, 0) is 42.5 Å². The molecule has 0 spiro atoms. The summed E-state index contributed by atoms with van der Waals surface area (Å²) in [5.74, 6) is 2.71. The Morgan fingerprint density at radius 3 is 2.49 bits per heavy atom. The Hall–Kier alpha value is -4.94. The van der Waals surface area contributed by atoms with E-state index < -0.39 is 4.92 Å². The number of carbonyl (C=O) groups is 1. The molecular weight excluding hydrogens is 576 g/mol. The van der Waals surface area contributed by atoms with E-state index in [2.05, 4.69) is 49.8 Å². The number of carbonyl (C=O) groups excluding carboxylic acids is 1. The van der Waals surface area contributed by atoms with Crippen LogP contribution >= 0.6 is 0 Å². The predicted molar refractivity (Wildman–Crippen MR) is 169 cm³/mol. The maximum absolute atomic E-state index is 13.2. The van der Waals surface area contributed by atoms with Crippen LogP contribution < -0.4 is 19.7 Å². The Balaban J connectivity index is 1.31. The molecule has 0 saturated carbocycles. The van der Waals surface area contributed by atoms with Gasteiger partial charge in [-0.25, -0.2) is 4.98 Å². The molecule has 2 aliphatic rings. The van der Waals surface area contributed by atoms with E-state index in [0.717, 1.165) is 16.9 Å². The molecular formula is C32H38N8O5. The third-order valence-electron chi connectivity index (χ3n) is 8.09. The average molecular weight is 615 g/mol. The van der Waals surface area contributed by atoms with Crippen molar-refractivity contribution in [1.29, 1.82) is 0 Å². The third-order valence-corrected chi connectivity index (χ3v) is 8.09. The lowest BCUT2D eigenvalue weighted by atomic mass is 9.91. The summed E-state index contributed by atoms with van der Waals surface area (Å²) in [5, 5.41) is 14.6. The van der Waals surface area contributed by atoms with E-state index in [9.17, 15) is 14.9 Å². The van der Waals surface area contributed by atoms with Crippen LogP contribution in [0.4, 0.5) is 17.5 Å². The largest absolute Gasteiger partial charge is 0.454 e. The summed E-state index contributed by atoms with van der Waals surface area (Å²) in [4.78, 5) is 42.7. The van der Waals surface area contributed by atoms with Gasteiger partial charge in [0.2, 0.25) is 18.6 Å². The standard InChI is InChI=1S/C32H38N8O5/c1-20-16-39(21(2)15-38(20)27(41)13-32(3,4)5)31-35-29(33-14-23-8-11-25-26(12-23)45-19-44-25)28-30(36-31)37(18-34-28)17-22-6-9-24(10-7-22)40(42)43/h6-12,18,20-21H,13-17,19H2,1-5H3,(H,33,35,36). The van der Waals surface area contributed by atoms with E-state index in [4.69, 9.17) is 19.4 Å². The van der Waals surface area contributed by atoms with Crippen LogP contribution in [0.3, 0.4) is 0 Å². The molecule has 1 N–H and O–H groups in total. The second-order valence-corrected chi connectivity index (χ2v) is 13.0. The molecule has 0 bridgehead atoms. The number of nitrogens with one attached hydrogen (secondary N) is 1. The van der Waals surface area contributed by atoms with Crippen molar-refractivity contribution >= 4 is 34.5 Å². The van der Waals surface area contributed by atoms with Crippen LogP contribution in [0, 0.1) is 15.5 Å². The van der Waals surface area contributed by atoms with Gasteiger partial charge in [0, 0.05) is 50.3 Å². The number of anilines is 2. The number of hydrogen-bond donors (Lipinski definition) is 1. The van der Waals surface area contributed by atoms with Crippen LogP contribution in [-0.2, 0) is 17.9 Å². The number of ether oxygens (including phenoxy) is 2. The molecule has 2 aliphatic heterocycles. The Morgan fingerprint density at radius 2 is 1.76 bits per heavy atom. The molecule has 1 fully saturated rings. The van der Waals surface area contributed by atoms with Crippen molar-refractivity contribution in [3.8, 4) is 11.5 Å². The maximum Gasteiger partial charge on any atom is 0.269 e. The van der Waals surface area contributed by atoms with Crippen LogP contribution in [0.2, 0.25) is 0 Å². The maximum atomic E-state index is 13.2. The summed E-state index contributed by atoms with van der Waals surface area (Å²) in [6, 6.07) is 12.2. The van der Waals surface area contributed by atoms with Gasteiger partial charge in [0.25, 0.3) is 5.69 Å². The Morgan fingerprint density at radius 1 is 1.02 bits per heavy atom. The van der Waals surface area contributed by atoms with Crippen LogP contribution in [0.1, 0.15) is 52.2 Å². The number of benzene rings is 2. The molecule has 0 radical (unpaired) electrons. The second kappa shape index (κ2) is 11.9. The van der Waals surface area contributed by atoms with Gasteiger partial charge in [-0.3, -0.25) is 14.9 Å². The average Bonchev–Trinajstić information content (AvgIpc) is 3.63. The van der Waals surface area contributed by atoms with Crippen molar-refractivity contribution in [1.82, 2.24) is 24.4 Å². The minimum atomic E-state index is -0.410. The number of rotatable bonds is 8. The van der Waals surface area contributed by atoms with Crippen LogP contribution in [-0.4, -0.2) is 67.2 Å². The fraction of sp³-hybridized carbons (Fsp3) is 0.438. The van der Waals surface area contributed by atoms with Gasteiger partial charge in [-0.2, -0.15) is 9.97 Å². The lowest BCUT2D eigenvalue weighted by Crippen LogP contribution is -2.59. The van der Waals surface area contributed by atoms with Gasteiger partial charge in [-0.15, -0.1) is 0 Å². The van der Waals surface area contributed by atoms with Gasteiger partial charge < -0.3 is 29.2 Å². The highest BCUT2D eigenvalue weighted by molar-refractivity contribution is 5.84. The predicted octanol–water partition coefficient (Wildman–Crippen LogP) is 4.99. The van der Waals surface area contributed by atoms with E-state index in [0.29, 0.717) is 61.3 Å². The number of nitrogens with zero attached hydrogens (tertiary/aromatic N) is 7. The van der Waals surface area contributed by atoms with Gasteiger partial charge in [-0.1, -0.05) is 39.0 Å². The van der Waals surface area contributed by atoms with E-state index in [-0.39, 0.29) is 35.9 Å². The number of fused-ring (bicyclic) bond motifs is 2. The van der Waals surface area contributed by atoms with Crippen molar-refractivity contribution in [2.75, 3.05) is 30.1 Å². The lowest BCUT2D eigenvalue weighted by Gasteiger charge is -2.44. The highest BCUT2D eigenvalue weighted by Gasteiger charge is 2.35. The van der Waals surface area contributed by atoms with E-state index in [1.54, 1.807) is 18.5 Å². The summed E-state index contributed by atoms with van der Waals surface area (Å²) in [7, 11) is 0. The topological polar surface area (TPSA) is 141 Å². The fourth-order valence-corrected chi connectivity index (χ4v) is 5.76. The summed E-state index contributed by atoms with van der Waals surface area (Å²) in [6.07, 6.45) is 2.20. The van der Waals surface area contributed by atoms with Crippen molar-refractivity contribution < 1.29 is 19.2 Å². The molecule has 13 nitrogen and oxygen atoms in total. The molecule has 0 aliphatic carbocycles. The monoisotopic (exact) mass is 614 g/mol. The molecule has 2 atom stereocenters. The van der Waals surface area contributed by atoms with Crippen molar-refractivity contribution in [2.45, 2.75) is 66.2 Å². The van der Waals surface area contributed by atoms with Gasteiger partial charge >= 0.3 is 0 Å². The van der Waals surface area contributed by atoms with Crippen LogP contribution in [0.25, 0.3) is 11.2 Å². The summed E-state index contributed by atoms with van der Waals surface area (Å²) in [6.45, 7) is 12.6. The number of nitro benzene ring substituents is 1. The molecule has 13 heteroatoms. The molecule has 2 aromatic heterocycles. The zero-order valence-electron chi connectivity index (χ0n) is 26.2. The van der Waals surface area contributed by atoms with E-state index >= 15 is 0 Å². The third kappa shape index (κ3) is 6.47. The molecule has 4 aromatic rings. The second-order valence-electron chi connectivity index (χ2n) is 13.0. The molecule has 2 aromatic carbocycles. The Kier molecular flexibility index (Phi) is 7.94. The summed E-state index contributed by atoms with van der Waals surface area (Å²) < 4.78 is 12.9. The van der Waals surface area contributed by atoms with Gasteiger partial charge in [0.05, 0.1) is 17.8 Å². The highest BCUT2D eigenvalue weighted by atomic mass is 16.7. The van der Waals surface area contributed by atoms with Crippen molar-refractivity contribution in [3.63, 3.8) is 0 Å². The zero-order chi connectivity index (χ0) is 31.9. The number of nitro groups is 1. The quantitative estimate of drug-likeness (QED) is 0.213. The van der Waals surface area contributed by atoms with E-state index in [1.165, 1.54) is 12.1 Å². The van der Waals surface area contributed by atoms with Gasteiger partial charge in [0.1, 0.15) is 0 Å². The van der Waals surface area contributed by atoms with Crippen molar-refractivity contribution in [2.24, 2.45) is 5.41 Å². The highest BCUT2D eigenvalue weighted by Crippen LogP contribution is 2.33. The van der Waals surface area contributed by atoms with Gasteiger partial charge in [0.15, 0.2) is 28.5 Å². The Labute approximate surface area is 261 Å². The number of piperazine rings is 1. The number of non-ortho nitro benzene ring substituents is 1. The molecule has 45 heavy (non-hydrogen) atoms. The minimum Gasteiger partial charge on any atom is -0.454 e. The molecule has 4 heterocycles. The number of aromatic nitrogens is 4. The van der Waals surface area contributed by atoms with Crippen LogP contribution in [0.15, 0.2) is 48.8 Å². The molecule has 1 saturated heterocycles. The fourth-order valence-electron chi connectivity index (χ4n) is 5.76. The normalized spacial score (nSPS) is 18.0. The summed E-state index contributed by atoms with van der Waals surface area (Å²) in [5.41, 5.74) is 3.07. The zero-order valence-corrected chi connectivity index (χ0v) is 26.2.